The summed E-state index contributed by atoms with van der Waals surface area (Å²) in [6.45, 7) is 7.92. The van der Waals surface area contributed by atoms with Gasteiger partial charge in [0.25, 0.3) is 0 Å². The summed E-state index contributed by atoms with van der Waals surface area (Å²) >= 11 is 0. The summed E-state index contributed by atoms with van der Waals surface area (Å²) in [5.74, 6) is -0.178. The van der Waals surface area contributed by atoms with Crippen molar-refractivity contribution >= 4 is 5.97 Å². The summed E-state index contributed by atoms with van der Waals surface area (Å²) in [4.78, 5) is 11.5. The minimum absolute atomic E-state index is 0.0145. The fraction of sp³-hybridized carbons (Fsp3) is 0.667. The molecule has 96 valence electrons. The van der Waals surface area contributed by atoms with Gasteiger partial charge in [-0.25, -0.2) is 0 Å². The molecule has 1 atom stereocenters. The SMILES string of the molecule is CCNC(CC(=O)OCC)c1cnn(CC)c1. The molecule has 0 aliphatic rings. The Balaban J connectivity index is 2.67. The molecule has 0 aromatic carbocycles. The molecule has 1 aromatic rings. The van der Waals surface area contributed by atoms with Crippen LogP contribution < -0.4 is 5.32 Å². The maximum absolute atomic E-state index is 11.5. The molecule has 1 rings (SSSR count). The zero-order valence-electron chi connectivity index (χ0n) is 10.8. The van der Waals surface area contributed by atoms with Crippen molar-refractivity contribution in [2.45, 2.75) is 39.8 Å². The number of esters is 1. The second-order valence-corrected chi connectivity index (χ2v) is 3.75. The van der Waals surface area contributed by atoms with Crippen LogP contribution in [0.4, 0.5) is 0 Å². The van der Waals surface area contributed by atoms with E-state index in [9.17, 15) is 4.79 Å². The van der Waals surface area contributed by atoms with Gasteiger partial charge in [-0.1, -0.05) is 6.92 Å². The van der Waals surface area contributed by atoms with Crippen molar-refractivity contribution in [2.75, 3.05) is 13.2 Å². The highest BCUT2D eigenvalue weighted by Gasteiger charge is 2.17. The van der Waals surface area contributed by atoms with E-state index in [1.807, 2.05) is 31.6 Å². The summed E-state index contributed by atoms with van der Waals surface area (Å²) in [6.07, 6.45) is 4.11. The van der Waals surface area contributed by atoms with Gasteiger partial charge >= 0.3 is 5.97 Å². The standard InChI is InChI=1S/C12H21N3O2/c1-4-13-11(7-12(16)17-6-3)10-8-14-15(5-2)9-10/h8-9,11,13H,4-7H2,1-3H3. The van der Waals surface area contributed by atoms with E-state index < -0.39 is 0 Å². The first kappa shape index (κ1) is 13.7. The Labute approximate surface area is 102 Å². The number of carbonyl (C=O) groups is 1. The maximum atomic E-state index is 11.5. The molecular formula is C12H21N3O2. The van der Waals surface area contributed by atoms with Crippen molar-refractivity contribution in [1.29, 1.82) is 0 Å². The second kappa shape index (κ2) is 7.06. The second-order valence-electron chi connectivity index (χ2n) is 3.75. The van der Waals surface area contributed by atoms with Crippen LogP contribution >= 0.6 is 0 Å². The van der Waals surface area contributed by atoms with Crippen LogP contribution in [-0.4, -0.2) is 28.9 Å². The lowest BCUT2D eigenvalue weighted by Crippen LogP contribution is -2.24. The Kier molecular flexibility index (Phi) is 5.69. The van der Waals surface area contributed by atoms with Gasteiger partial charge in [0.15, 0.2) is 0 Å². The third kappa shape index (κ3) is 4.19. The lowest BCUT2D eigenvalue weighted by Gasteiger charge is -2.15. The topological polar surface area (TPSA) is 56.1 Å². The van der Waals surface area contributed by atoms with Crippen molar-refractivity contribution < 1.29 is 9.53 Å². The summed E-state index contributed by atoms with van der Waals surface area (Å²) in [5.41, 5.74) is 1.03. The molecule has 0 saturated carbocycles. The van der Waals surface area contributed by atoms with Gasteiger partial charge in [-0.15, -0.1) is 0 Å². The number of carbonyl (C=O) groups excluding carboxylic acids is 1. The van der Waals surface area contributed by atoms with Gasteiger partial charge in [0.1, 0.15) is 0 Å². The number of hydrogen-bond acceptors (Lipinski definition) is 4. The Morgan fingerprint density at radius 1 is 1.53 bits per heavy atom. The van der Waals surface area contributed by atoms with Crippen LogP contribution in [0.15, 0.2) is 12.4 Å². The summed E-state index contributed by atoms with van der Waals surface area (Å²) in [6, 6.07) is -0.0145. The molecule has 0 spiro atoms. The third-order valence-electron chi connectivity index (χ3n) is 2.51. The minimum atomic E-state index is -0.178. The lowest BCUT2D eigenvalue weighted by atomic mass is 10.1. The third-order valence-corrected chi connectivity index (χ3v) is 2.51. The summed E-state index contributed by atoms with van der Waals surface area (Å²) in [7, 11) is 0. The molecule has 0 radical (unpaired) electrons. The van der Waals surface area contributed by atoms with E-state index in [4.69, 9.17) is 4.74 Å². The van der Waals surface area contributed by atoms with Gasteiger partial charge < -0.3 is 10.1 Å². The molecule has 17 heavy (non-hydrogen) atoms. The molecule has 5 nitrogen and oxygen atoms in total. The van der Waals surface area contributed by atoms with E-state index >= 15 is 0 Å². The quantitative estimate of drug-likeness (QED) is 0.733. The molecule has 0 aliphatic heterocycles. The fourth-order valence-corrected chi connectivity index (χ4v) is 1.67. The van der Waals surface area contributed by atoms with Crippen molar-refractivity contribution in [2.24, 2.45) is 0 Å². The van der Waals surface area contributed by atoms with Crippen LogP contribution in [-0.2, 0) is 16.1 Å². The van der Waals surface area contributed by atoms with Gasteiger partial charge in [0, 0.05) is 24.3 Å². The summed E-state index contributed by atoms with van der Waals surface area (Å²) in [5, 5.41) is 7.49. The van der Waals surface area contributed by atoms with Gasteiger partial charge in [0.05, 0.1) is 19.2 Å². The minimum Gasteiger partial charge on any atom is -0.466 e. The molecular weight excluding hydrogens is 218 g/mol. The van der Waals surface area contributed by atoms with Crippen LogP contribution in [0.3, 0.4) is 0 Å². The molecule has 1 aromatic heterocycles. The largest absolute Gasteiger partial charge is 0.466 e. The average Bonchev–Trinajstić information content (AvgIpc) is 2.77. The highest BCUT2D eigenvalue weighted by Crippen LogP contribution is 2.16. The first-order chi connectivity index (χ1) is 8.21. The first-order valence-electron chi connectivity index (χ1n) is 6.12. The molecule has 0 fully saturated rings. The smallest absolute Gasteiger partial charge is 0.307 e. The normalized spacial score (nSPS) is 12.4. The Hall–Kier alpha value is -1.36. The number of aromatic nitrogens is 2. The zero-order chi connectivity index (χ0) is 12.7. The number of hydrogen-bond donors (Lipinski definition) is 1. The Morgan fingerprint density at radius 3 is 2.82 bits per heavy atom. The highest BCUT2D eigenvalue weighted by atomic mass is 16.5. The molecule has 5 heteroatoms. The van der Waals surface area contributed by atoms with E-state index in [1.165, 1.54) is 0 Å². The molecule has 1 heterocycles. The molecule has 1 unspecified atom stereocenters. The van der Waals surface area contributed by atoms with E-state index in [0.29, 0.717) is 13.0 Å². The first-order valence-corrected chi connectivity index (χ1v) is 6.12. The lowest BCUT2D eigenvalue weighted by molar-refractivity contribution is -0.143. The average molecular weight is 239 g/mol. The van der Waals surface area contributed by atoms with E-state index in [-0.39, 0.29) is 12.0 Å². The van der Waals surface area contributed by atoms with Crippen molar-refractivity contribution in [1.82, 2.24) is 15.1 Å². The Morgan fingerprint density at radius 2 is 2.29 bits per heavy atom. The molecule has 0 saturated heterocycles. The molecule has 0 bridgehead atoms. The van der Waals surface area contributed by atoms with Gasteiger partial charge in [-0.2, -0.15) is 5.10 Å². The predicted octanol–water partition coefficient (Wildman–Crippen LogP) is 1.51. The number of rotatable bonds is 7. The number of nitrogens with one attached hydrogen (secondary N) is 1. The fourth-order valence-electron chi connectivity index (χ4n) is 1.67. The maximum Gasteiger partial charge on any atom is 0.307 e. The Bertz CT molecular complexity index is 349. The highest BCUT2D eigenvalue weighted by molar-refractivity contribution is 5.70. The monoisotopic (exact) mass is 239 g/mol. The van der Waals surface area contributed by atoms with Crippen LogP contribution in [0.1, 0.15) is 38.8 Å². The van der Waals surface area contributed by atoms with Crippen LogP contribution in [0.2, 0.25) is 0 Å². The van der Waals surface area contributed by atoms with E-state index in [0.717, 1.165) is 18.7 Å². The number of nitrogens with zero attached hydrogens (tertiary/aromatic N) is 2. The zero-order valence-corrected chi connectivity index (χ0v) is 10.8. The summed E-state index contributed by atoms with van der Waals surface area (Å²) < 4.78 is 6.82. The molecule has 0 amide bonds. The number of aryl methyl sites for hydroxylation is 1. The van der Waals surface area contributed by atoms with Crippen molar-refractivity contribution in [3.63, 3.8) is 0 Å². The van der Waals surface area contributed by atoms with Crippen LogP contribution in [0.5, 0.6) is 0 Å². The van der Waals surface area contributed by atoms with Gasteiger partial charge in [-0.05, 0) is 20.4 Å². The van der Waals surface area contributed by atoms with E-state index in [1.54, 1.807) is 6.20 Å². The van der Waals surface area contributed by atoms with Gasteiger partial charge in [0.2, 0.25) is 0 Å². The molecule has 0 aliphatic carbocycles. The van der Waals surface area contributed by atoms with Crippen LogP contribution in [0, 0.1) is 0 Å². The molecule has 1 N–H and O–H groups in total. The van der Waals surface area contributed by atoms with Gasteiger partial charge in [-0.3, -0.25) is 9.48 Å². The van der Waals surface area contributed by atoms with Crippen LogP contribution in [0.25, 0.3) is 0 Å². The van der Waals surface area contributed by atoms with Crippen molar-refractivity contribution in [3.05, 3.63) is 18.0 Å². The predicted molar refractivity (Wildman–Crippen MR) is 65.6 cm³/mol. The van der Waals surface area contributed by atoms with E-state index in [2.05, 4.69) is 10.4 Å². The van der Waals surface area contributed by atoms with Crippen molar-refractivity contribution in [3.8, 4) is 0 Å². The number of ether oxygens (including phenoxy) is 1.